The summed E-state index contributed by atoms with van der Waals surface area (Å²) in [6, 6.07) is 0. The number of esters is 1. The van der Waals surface area contributed by atoms with E-state index < -0.39 is 0 Å². The monoisotopic (exact) mass is 298 g/mol. The van der Waals surface area contributed by atoms with Crippen LogP contribution in [0.25, 0.3) is 0 Å². The molecule has 0 saturated carbocycles. The smallest absolute Gasteiger partial charge is 0.305 e. The minimum atomic E-state index is 0.00152. The van der Waals surface area contributed by atoms with E-state index in [-0.39, 0.29) is 5.97 Å². The Morgan fingerprint density at radius 2 is 1.43 bits per heavy atom. The van der Waals surface area contributed by atoms with Crippen molar-refractivity contribution >= 4 is 5.97 Å². The lowest BCUT2D eigenvalue weighted by Crippen LogP contribution is -2.06. The fourth-order valence-corrected chi connectivity index (χ4v) is 2.73. The van der Waals surface area contributed by atoms with Gasteiger partial charge in [-0.2, -0.15) is 0 Å². The molecular formula is C19H38O2. The van der Waals surface area contributed by atoms with Crippen LogP contribution >= 0.6 is 0 Å². The van der Waals surface area contributed by atoms with E-state index in [0.29, 0.717) is 13.0 Å². The molecule has 0 aliphatic heterocycles. The largest absolute Gasteiger partial charge is 0.466 e. The highest BCUT2D eigenvalue weighted by molar-refractivity contribution is 5.69. The Morgan fingerprint density at radius 3 is 2.05 bits per heavy atom. The number of rotatable bonds is 15. The first kappa shape index (κ1) is 20.5. The molecule has 0 heterocycles. The molecule has 1 atom stereocenters. The van der Waals surface area contributed by atoms with Crippen LogP contribution in [0, 0.1) is 5.92 Å². The summed E-state index contributed by atoms with van der Waals surface area (Å²) in [5, 5.41) is 0. The van der Waals surface area contributed by atoms with Crippen molar-refractivity contribution in [3.05, 3.63) is 0 Å². The van der Waals surface area contributed by atoms with Crippen LogP contribution in [-0.4, -0.2) is 12.6 Å². The number of carbonyl (C=O) groups is 1. The highest BCUT2D eigenvalue weighted by atomic mass is 16.5. The van der Waals surface area contributed by atoms with Gasteiger partial charge in [-0.3, -0.25) is 4.79 Å². The van der Waals surface area contributed by atoms with E-state index in [2.05, 4.69) is 20.8 Å². The number of hydrogen-bond acceptors (Lipinski definition) is 2. The minimum absolute atomic E-state index is 0.00152. The van der Waals surface area contributed by atoms with Crippen LogP contribution in [0.15, 0.2) is 0 Å². The second-order valence-electron chi connectivity index (χ2n) is 6.48. The molecule has 0 spiro atoms. The lowest BCUT2D eigenvalue weighted by Gasteiger charge is -2.09. The lowest BCUT2D eigenvalue weighted by atomic mass is 9.99. The zero-order chi connectivity index (χ0) is 15.8. The first-order valence-corrected chi connectivity index (χ1v) is 9.36. The summed E-state index contributed by atoms with van der Waals surface area (Å²) in [5.74, 6) is 0.747. The van der Waals surface area contributed by atoms with Gasteiger partial charge in [0.05, 0.1) is 6.61 Å². The van der Waals surface area contributed by atoms with Gasteiger partial charge in [0, 0.05) is 6.42 Å². The molecule has 0 saturated heterocycles. The third-order valence-corrected chi connectivity index (χ3v) is 4.12. The Balaban J connectivity index is 3.23. The molecule has 0 N–H and O–H groups in total. The predicted molar refractivity (Wildman–Crippen MR) is 91.5 cm³/mol. The minimum Gasteiger partial charge on any atom is -0.466 e. The van der Waals surface area contributed by atoms with Crippen LogP contribution in [0.1, 0.15) is 104 Å². The molecule has 0 aromatic rings. The quantitative estimate of drug-likeness (QED) is 0.263. The summed E-state index contributed by atoms with van der Waals surface area (Å²) in [4.78, 5) is 11.6. The van der Waals surface area contributed by atoms with Gasteiger partial charge in [-0.05, 0) is 18.8 Å². The van der Waals surface area contributed by atoms with E-state index in [1.807, 2.05) is 0 Å². The van der Waals surface area contributed by atoms with Crippen LogP contribution in [-0.2, 0) is 9.53 Å². The Hall–Kier alpha value is -0.530. The number of carbonyl (C=O) groups excluding carboxylic acids is 1. The number of unbranched alkanes of at least 4 members (excludes halogenated alkanes) is 7. The van der Waals surface area contributed by atoms with Crippen molar-refractivity contribution in [1.29, 1.82) is 0 Å². The SMILES string of the molecule is CCCCCCCCCCOC(=O)CCCC(C)CCC. The van der Waals surface area contributed by atoms with Gasteiger partial charge in [-0.15, -0.1) is 0 Å². The molecule has 2 heteroatoms. The van der Waals surface area contributed by atoms with Crippen LogP contribution in [0.5, 0.6) is 0 Å². The van der Waals surface area contributed by atoms with Gasteiger partial charge in [0.1, 0.15) is 0 Å². The standard InChI is InChI=1S/C19H38O2/c1-4-6-7-8-9-10-11-12-17-21-19(20)16-13-15-18(3)14-5-2/h18H,4-17H2,1-3H3. The van der Waals surface area contributed by atoms with Crippen molar-refractivity contribution in [2.24, 2.45) is 5.92 Å². The summed E-state index contributed by atoms with van der Waals surface area (Å²) in [6.45, 7) is 7.36. The Kier molecular flexibility index (Phi) is 15.5. The third-order valence-electron chi connectivity index (χ3n) is 4.12. The summed E-state index contributed by atoms with van der Waals surface area (Å²) in [6.07, 6.45) is 15.5. The van der Waals surface area contributed by atoms with Gasteiger partial charge in [-0.1, -0.05) is 85.0 Å². The second kappa shape index (κ2) is 15.9. The van der Waals surface area contributed by atoms with Gasteiger partial charge in [-0.25, -0.2) is 0 Å². The molecule has 0 rings (SSSR count). The van der Waals surface area contributed by atoms with Crippen molar-refractivity contribution in [2.75, 3.05) is 6.61 Å². The maximum Gasteiger partial charge on any atom is 0.305 e. The average Bonchev–Trinajstić information content (AvgIpc) is 2.46. The highest BCUT2D eigenvalue weighted by Crippen LogP contribution is 2.14. The molecular weight excluding hydrogens is 260 g/mol. The summed E-state index contributed by atoms with van der Waals surface area (Å²) in [5.41, 5.74) is 0. The molecule has 0 radical (unpaired) electrons. The van der Waals surface area contributed by atoms with Gasteiger partial charge in [0.15, 0.2) is 0 Å². The lowest BCUT2D eigenvalue weighted by molar-refractivity contribution is -0.143. The van der Waals surface area contributed by atoms with Crippen LogP contribution in [0.2, 0.25) is 0 Å². The predicted octanol–water partition coefficient (Wildman–Crippen LogP) is 6.28. The zero-order valence-electron chi connectivity index (χ0n) is 14.8. The molecule has 0 aromatic heterocycles. The molecule has 21 heavy (non-hydrogen) atoms. The van der Waals surface area contributed by atoms with Gasteiger partial charge >= 0.3 is 5.97 Å². The molecule has 0 amide bonds. The van der Waals surface area contributed by atoms with Gasteiger partial charge < -0.3 is 4.74 Å². The highest BCUT2D eigenvalue weighted by Gasteiger charge is 2.05. The van der Waals surface area contributed by atoms with Crippen LogP contribution in [0.4, 0.5) is 0 Å². The van der Waals surface area contributed by atoms with E-state index >= 15 is 0 Å². The molecule has 0 aliphatic carbocycles. The van der Waals surface area contributed by atoms with Crippen LogP contribution < -0.4 is 0 Å². The second-order valence-corrected chi connectivity index (χ2v) is 6.48. The van der Waals surface area contributed by atoms with Crippen molar-refractivity contribution < 1.29 is 9.53 Å². The summed E-state index contributed by atoms with van der Waals surface area (Å²) < 4.78 is 5.29. The Morgan fingerprint density at radius 1 is 0.810 bits per heavy atom. The summed E-state index contributed by atoms with van der Waals surface area (Å²) >= 11 is 0. The average molecular weight is 299 g/mol. The normalized spacial score (nSPS) is 12.3. The number of hydrogen-bond donors (Lipinski definition) is 0. The number of ether oxygens (including phenoxy) is 1. The maximum atomic E-state index is 11.6. The third kappa shape index (κ3) is 15.7. The Bertz CT molecular complexity index is 226. The first-order chi connectivity index (χ1) is 10.2. The van der Waals surface area contributed by atoms with E-state index in [0.717, 1.165) is 25.2 Å². The molecule has 0 fully saturated rings. The van der Waals surface area contributed by atoms with Gasteiger partial charge in [0.25, 0.3) is 0 Å². The summed E-state index contributed by atoms with van der Waals surface area (Å²) in [7, 11) is 0. The zero-order valence-corrected chi connectivity index (χ0v) is 14.8. The molecule has 2 nitrogen and oxygen atoms in total. The maximum absolute atomic E-state index is 11.6. The van der Waals surface area contributed by atoms with Crippen molar-refractivity contribution in [3.63, 3.8) is 0 Å². The molecule has 0 aromatic carbocycles. The molecule has 1 unspecified atom stereocenters. The van der Waals surface area contributed by atoms with E-state index in [9.17, 15) is 4.79 Å². The topological polar surface area (TPSA) is 26.3 Å². The van der Waals surface area contributed by atoms with E-state index in [4.69, 9.17) is 4.74 Å². The molecule has 0 aliphatic rings. The fourth-order valence-electron chi connectivity index (χ4n) is 2.73. The van der Waals surface area contributed by atoms with Crippen molar-refractivity contribution in [3.8, 4) is 0 Å². The van der Waals surface area contributed by atoms with Crippen LogP contribution in [0.3, 0.4) is 0 Å². The molecule has 126 valence electrons. The van der Waals surface area contributed by atoms with E-state index in [1.165, 1.54) is 57.8 Å². The Labute approximate surface area is 133 Å². The van der Waals surface area contributed by atoms with Crippen molar-refractivity contribution in [2.45, 2.75) is 104 Å². The van der Waals surface area contributed by atoms with E-state index in [1.54, 1.807) is 0 Å². The first-order valence-electron chi connectivity index (χ1n) is 9.36. The fraction of sp³-hybridized carbons (Fsp3) is 0.947. The van der Waals surface area contributed by atoms with Gasteiger partial charge in [0.2, 0.25) is 0 Å². The van der Waals surface area contributed by atoms with Crippen molar-refractivity contribution in [1.82, 2.24) is 0 Å². The molecule has 0 bridgehead atoms.